The van der Waals surface area contributed by atoms with E-state index in [1.807, 2.05) is 6.07 Å². The molecule has 0 aromatic heterocycles. The number of aryl methyl sites for hydroxylation is 1. The third-order valence-corrected chi connectivity index (χ3v) is 2.43. The van der Waals surface area contributed by atoms with Gasteiger partial charge in [-0.25, -0.2) is 0 Å². The van der Waals surface area contributed by atoms with E-state index in [1.165, 1.54) is 11.1 Å². The Morgan fingerprint density at radius 2 is 1.83 bits per heavy atom. The van der Waals surface area contributed by atoms with Crippen molar-refractivity contribution in [3.8, 4) is 0 Å². The van der Waals surface area contributed by atoms with Crippen molar-refractivity contribution in [3.63, 3.8) is 0 Å². The van der Waals surface area contributed by atoms with Crippen LogP contribution in [0.4, 0.5) is 0 Å². The molecular formula is C10H10OS. The highest BCUT2D eigenvalue weighted by molar-refractivity contribution is 7.80. The number of rotatable bonds is 0. The van der Waals surface area contributed by atoms with E-state index in [0.717, 1.165) is 17.9 Å². The van der Waals surface area contributed by atoms with Crippen molar-refractivity contribution < 1.29 is 4.74 Å². The van der Waals surface area contributed by atoms with Gasteiger partial charge < -0.3 is 4.74 Å². The largest absolute Gasteiger partial charge is 0.482 e. The van der Waals surface area contributed by atoms with Crippen molar-refractivity contribution in [3.05, 3.63) is 35.4 Å². The number of ether oxygens (including phenoxy) is 1. The molecule has 0 amide bonds. The smallest absolute Gasteiger partial charge is 0.160 e. The van der Waals surface area contributed by atoms with E-state index >= 15 is 0 Å². The van der Waals surface area contributed by atoms with Crippen molar-refractivity contribution in [1.82, 2.24) is 0 Å². The molecule has 1 aromatic carbocycles. The molecule has 2 rings (SSSR count). The van der Waals surface area contributed by atoms with Gasteiger partial charge in [0.05, 0.1) is 0 Å². The Kier molecular flexibility index (Phi) is 2.09. The lowest BCUT2D eigenvalue weighted by molar-refractivity contribution is 0.297. The van der Waals surface area contributed by atoms with Gasteiger partial charge in [-0.05, 0) is 29.8 Å². The summed E-state index contributed by atoms with van der Waals surface area (Å²) in [5.41, 5.74) is 2.65. The molecular weight excluding hydrogens is 168 g/mol. The van der Waals surface area contributed by atoms with Crippen LogP contribution in [0.15, 0.2) is 24.3 Å². The van der Waals surface area contributed by atoms with Crippen molar-refractivity contribution in [2.75, 3.05) is 0 Å². The van der Waals surface area contributed by atoms with Gasteiger partial charge in [0.25, 0.3) is 0 Å². The molecule has 1 aromatic rings. The molecule has 0 fully saturated rings. The van der Waals surface area contributed by atoms with Crippen molar-refractivity contribution in [2.24, 2.45) is 0 Å². The molecule has 62 valence electrons. The van der Waals surface area contributed by atoms with Crippen LogP contribution in [0.5, 0.6) is 0 Å². The van der Waals surface area contributed by atoms with Crippen LogP contribution >= 0.6 is 12.2 Å². The van der Waals surface area contributed by atoms with E-state index in [0.29, 0.717) is 6.61 Å². The molecule has 1 heterocycles. The number of hydrogen-bond donors (Lipinski definition) is 0. The summed E-state index contributed by atoms with van der Waals surface area (Å²) in [6.45, 7) is 0.648. The van der Waals surface area contributed by atoms with E-state index in [4.69, 9.17) is 17.0 Å². The zero-order valence-corrected chi connectivity index (χ0v) is 7.56. The summed E-state index contributed by atoms with van der Waals surface area (Å²) in [5, 5.41) is 0.742. The highest BCUT2D eigenvalue weighted by atomic mass is 32.1. The zero-order chi connectivity index (χ0) is 8.39. The third kappa shape index (κ3) is 1.48. The lowest BCUT2D eigenvalue weighted by Crippen LogP contribution is -1.97. The monoisotopic (exact) mass is 178 g/mol. The predicted octanol–water partition coefficient (Wildman–Crippen LogP) is 2.48. The lowest BCUT2D eigenvalue weighted by Gasteiger charge is -2.02. The maximum atomic E-state index is 5.36. The first-order valence-electron chi connectivity index (χ1n) is 4.08. The molecule has 1 aliphatic rings. The molecule has 0 saturated carbocycles. The average Bonchev–Trinajstić information content (AvgIpc) is 2.29. The summed E-state index contributed by atoms with van der Waals surface area (Å²) in [5.74, 6) is 0. The SMILES string of the molecule is S=C1CCc2ccccc2CO1. The Bertz CT molecular complexity index is 277. The Morgan fingerprint density at radius 1 is 1.08 bits per heavy atom. The number of benzene rings is 1. The van der Waals surface area contributed by atoms with Crippen molar-refractivity contribution in [1.29, 1.82) is 0 Å². The fourth-order valence-corrected chi connectivity index (χ4v) is 1.57. The van der Waals surface area contributed by atoms with Crippen LogP contribution in [0.25, 0.3) is 0 Å². The van der Waals surface area contributed by atoms with Crippen LogP contribution in [-0.4, -0.2) is 5.05 Å². The van der Waals surface area contributed by atoms with E-state index in [2.05, 4.69) is 18.2 Å². The first-order chi connectivity index (χ1) is 5.86. The van der Waals surface area contributed by atoms with E-state index in [-0.39, 0.29) is 0 Å². The molecule has 0 unspecified atom stereocenters. The Hall–Kier alpha value is -0.890. The van der Waals surface area contributed by atoms with E-state index in [1.54, 1.807) is 0 Å². The van der Waals surface area contributed by atoms with Crippen LogP contribution in [0, 0.1) is 0 Å². The van der Waals surface area contributed by atoms with Crippen molar-refractivity contribution in [2.45, 2.75) is 19.4 Å². The molecule has 0 atom stereocenters. The second kappa shape index (κ2) is 3.23. The summed E-state index contributed by atoms with van der Waals surface area (Å²) in [4.78, 5) is 0. The summed E-state index contributed by atoms with van der Waals surface area (Å²) >= 11 is 5.02. The minimum Gasteiger partial charge on any atom is -0.482 e. The van der Waals surface area contributed by atoms with Crippen molar-refractivity contribution >= 4 is 17.3 Å². The summed E-state index contributed by atoms with van der Waals surface area (Å²) in [7, 11) is 0. The van der Waals surface area contributed by atoms with Gasteiger partial charge in [0.15, 0.2) is 5.05 Å². The van der Waals surface area contributed by atoms with Gasteiger partial charge in [-0.15, -0.1) is 0 Å². The topological polar surface area (TPSA) is 9.23 Å². The second-order valence-corrected chi connectivity index (χ2v) is 3.38. The van der Waals surface area contributed by atoms with Gasteiger partial charge in [-0.1, -0.05) is 24.3 Å². The standard InChI is InChI=1S/C10H10OS/c12-10-6-5-8-3-1-2-4-9(8)7-11-10/h1-4H,5-7H2. The molecule has 0 spiro atoms. The van der Waals surface area contributed by atoms with E-state index in [9.17, 15) is 0 Å². The highest BCUT2D eigenvalue weighted by Gasteiger charge is 2.09. The van der Waals surface area contributed by atoms with Crippen LogP contribution in [0.1, 0.15) is 17.5 Å². The second-order valence-electron chi connectivity index (χ2n) is 2.93. The molecule has 12 heavy (non-hydrogen) atoms. The average molecular weight is 178 g/mol. The molecule has 0 N–H and O–H groups in total. The van der Waals surface area contributed by atoms with E-state index < -0.39 is 0 Å². The molecule has 0 aliphatic carbocycles. The lowest BCUT2D eigenvalue weighted by atomic mass is 10.1. The Labute approximate surface area is 77.4 Å². The fourth-order valence-electron chi connectivity index (χ4n) is 1.41. The maximum absolute atomic E-state index is 5.36. The number of hydrogen-bond acceptors (Lipinski definition) is 2. The summed E-state index contributed by atoms with van der Waals surface area (Å²) in [6, 6.07) is 8.35. The van der Waals surface area contributed by atoms with Gasteiger partial charge >= 0.3 is 0 Å². The molecule has 1 aliphatic heterocycles. The van der Waals surface area contributed by atoms with Crippen LogP contribution in [0.3, 0.4) is 0 Å². The Morgan fingerprint density at radius 3 is 2.67 bits per heavy atom. The quantitative estimate of drug-likeness (QED) is 0.564. The first kappa shape index (κ1) is 7.74. The van der Waals surface area contributed by atoms with Crippen LogP contribution < -0.4 is 0 Å². The minimum atomic E-state index is 0.648. The molecule has 1 nitrogen and oxygen atoms in total. The molecule has 0 bridgehead atoms. The minimum absolute atomic E-state index is 0.648. The fraction of sp³-hybridized carbons (Fsp3) is 0.300. The van der Waals surface area contributed by atoms with Gasteiger partial charge in [-0.3, -0.25) is 0 Å². The number of thiocarbonyl (C=S) groups is 1. The molecule has 2 heteroatoms. The summed E-state index contributed by atoms with van der Waals surface area (Å²) < 4.78 is 5.36. The van der Waals surface area contributed by atoms with Crippen LogP contribution in [0.2, 0.25) is 0 Å². The van der Waals surface area contributed by atoms with Gasteiger partial charge in [0.2, 0.25) is 0 Å². The maximum Gasteiger partial charge on any atom is 0.160 e. The molecule has 0 saturated heterocycles. The van der Waals surface area contributed by atoms with Gasteiger partial charge in [0, 0.05) is 6.42 Å². The number of fused-ring (bicyclic) bond motifs is 1. The predicted molar refractivity (Wildman–Crippen MR) is 52.2 cm³/mol. The summed E-state index contributed by atoms with van der Waals surface area (Å²) in [6.07, 6.45) is 1.90. The molecule has 0 radical (unpaired) electrons. The highest BCUT2D eigenvalue weighted by Crippen LogP contribution is 2.17. The van der Waals surface area contributed by atoms with Gasteiger partial charge in [0.1, 0.15) is 6.61 Å². The normalized spacial score (nSPS) is 16.2. The third-order valence-electron chi connectivity index (χ3n) is 2.11. The van der Waals surface area contributed by atoms with Crippen LogP contribution in [-0.2, 0) is 17.8 Å². The van der Waals surface area contributed by atoms with Gasteiger partial charge in [-0.2, -0.15) is 0 Å². The zero-order valence-electron chi connectivity index (χ0n) is 6.75. The first-order valence-corrected chi connectivity index (χ1v) is 4.49. The Balaban J connectivity index is 2.32.